The first-order valence-electron chi connectivity index (χ1n) is 9.84. The van der Waals surface area contributed by atoms with E-state index in [4.69, 9.17) is 22.1 Å². The van der Waals surface area contributed by atoms with Crippen LogP contribution in [-0.4, -0.2) is 45.0 Å². The summed E-state index contributed by atoms with van der Waals surface area (Å²) in [6.07, 6.45) is 3.54. The molecule has 0 aliphatic carbocycles. The number of ether oxygens (including phenoxy) is 1. The van der Waals surface area contributed by atoms with Gasteiger partial charge in [0.25, 0.3) is 0 Å². The lowest BCUT2D eigenvalue weighted by Crippen LogP contribution is -2.22. The van der Waals surface area contributed by atoms with Gasteiger partial charge in [0.1, 0.15) is 0 Å². The highest BCUT2D eigenvalue weighted by Gasteiger charge is 2.14. The van der Waals surface area contributed by atoms with E-state index in [1.165, 1.54) is 11.1 Å². The summed E-state index contributed by atoms with van der Waals surface area (Å²) in [5.74, 6) is 1.38. The Kier molecular flexibility index (Phi) is 7.30. The summed E-state index contributed by atoms with van der Waals surface area (Å²) in [6, 6.07) is 12.7. The number of nitrogens with zero attached hydrogens (tertiary/aromatic N) is 5. The van der Waals surface area contributed by atoms with E-state index in [0.717, 1.165) is 17.9 Å². The lowest BCUT2D eigenvalue weighted by Gasteiger charge is -2.17. The van der Waals surface area contributed by atoms with E-state index in [1.807, 2.05) is 21.4 Å². The second-order valence-electron chi connectivity index (χ2n) is 7.54. The Bertz CT molecular complexity index is 963. The molecule has 0 radical (unpaired) electrons. The Morgan fingerprint density at radius 2 is 1.79 bits per heavy atom. The van der Waals surface area contributed by atoms with Gasteiger partial charge < -0.3 is 4.74 Å². The lowest BCUT2D eigenvalue weighted by molar-refractivity contribution is 0.186. The van der Waals surface area contributed by atoms with Crippen molar-refractivity contribution in [2.75, 3.05) is 20.8 Å². The molecule has 2 aromatic heterocycles. The molecule has 0 fully saturated rings. The average molecular weight is 412 g/mol. The average Bonchev–Trinajstić information content (AvgIpc) is 3.02. The number of benzene rings is 1. The molecular formula is C22H29N5OS. The number of aromatic nitrogens is 4. The fraction of sp³-hybridized carbons (Fsp3) is 0.409. The predicted octanol–water partition coefficient (Wildman–Crippen LogP) is 4.34. The minimum Gasteiger partial charge on any atom is -0.383 e. The molecule has 0 unspecified atom stereocenters. The van der Waals surface area contributed by atoms with Gasteiger partial charge in [-0.3, -0.25) is 14.5 Å². The smallest absolute Gasteiger partial charge is 0.199 e. The van der Waals surface area contributed by atoms with E-state index < -0.39 is 0 Å². The minimum atomic E-state index is 0.544. The minimum absolute atomic E-state index is 0.544. The van der Waals surface area contributed by atoms with Crippen molar-refractivity contribution >= 4 is 12.2 Å². The van der Waals surface area contributed by atoms with Crippen LogP contribution >= 0.6 is 12.2 Å². The van der Waals surface area contributed by atoms with Gasteiger partial charge in [-0.15, -0.1) is 0 Å². The molecule has 0 atom stereocenters. The Labute approximate surface area is 177 Å². The first-order valence-corrected chi connectivity index (χ1v) is 10.2. The summed E-state index contributed by atoms with van der Waals surface area (Å²) in [7, 11) is 3.77. The largest absolute Gasteiger partial charge is 0.383 e. The first kappa shape index (κ1) is 21.4. The van der Waals surface area contributed by atoms with Crippen molar-refractivity contribution in [3.63, 3.8) is 0 Å². The standard InChI is InChI=1S/C22H29N5OS/c1-17(2)19-7-5-18(6-8-19)15-25(3)16-27-22(29)26(13-14-28-4)21(24-27)20-9-11-23-12-10-20/h5-12,17H,13-16H2,1-4H3. The number of pyridine rings is 1. The number of rotatable bonds is 9. The Morgan fingerprint density at radius 1 is 1.10 bits per heavy atom. The fourth-order valence-electron chi connectivity index (χ4n) is 3.23. The summed E-state index contributed by atoms with van der Waals surface area (Å²) < 4.78 is 9.86. The van der Waals surface area contributed by atoms with Gasteiger partial charge in [-0.1, -0.05) is 38.1 Å². The zero-order chi connectivity index (χ0) is 20.8. The van der Waals surface area contributed by atoms with Gasteiger partial charge in [0.2, 0.25) is 0 Å². The van der Waals surface area contributed by atoms with E-state index in [-0.39, 0.29) is 0 Å². The number of methoxy groups -OCH3 is 1. The molecule has 3 rings (SSSR count). The van der Waals surface area contributed by atoms with Crippen LogP contribution in [0.4, 0.5) is 0 Å². The first-order chi connectivity index (χ1) is 14.0. The van der Waals surface area contributed by atoms with Crippen LogP contribution in [0.5, 0.6) is 0 Å². The summed E-state index contributed by atoms with van der Waals surface area (Å²) in [4.78, 5) is 6.31. The van der Waals surface area contributed by atoms with Gasteiger partial charge in [-0.2, -0.15) is 5.10 Å². The fourth-order valence-corrected chi connectivity index (χ4v) is 3.51. The highest BCUT2D eigenvalue weighted by Crippen LogP contribution is 2.19. The molecule has 0 spiro atoms. The molecule has 6 nitrogen and oxygen atoms in total. The van der Waals surface area contributed by atoms with Crippen molar-refractivity contribution < 1.29 is 4.74 Å². The third kappa shape index (κ3) is 5.38. The lowest BCUT2D eigenvalue weighted by atomic mass is 10.0. The zero-order valence-corrected chi connectivity index (χ0v) is 18.4. The van der Waals surface area contributed by atoms with Gasteiger partial charge in [0, 0.05) is 31.6 Å². The second kappa shape index (κ2) is 9.91. The molecule has 0 N–H and O–H groups in total. The van der Waals surface area contributed by atoms with E-state index in [2.05, 4.69) is 55.0 Å². The molecule has 0 amide bonds. The summed E-state index contributed by atoms with van der Waals surface area (Å²) >= 11 is 5.72. The van der Waals surface area contributed by atoms with E-state index >= 15 is 0 Å². The number of hydrogen-bond donors (Lipinski definition) is 0. The highest BCUT2D eigenvalue weighted by atomic mass is 32.1. The molecule has 0 aliphatic rings. The molecule has 29 heavy (non-hydrogen) atoms. The van der Waals surface area contributed by atoms with Crippen molar-refractivity contribution in [2.45, 2.75) is 39.5 Å². The molecule has 7 heteroatoms. The van der Waals surface area contributed by atoms with Crippen molar-refractivity contribution in [3.05, 3.63) is 64.7 Å². The molecule has 3 aromatic rings. The highest BCUT2D eigenvalue weighted by molar-refractivity contribution is 7.71. The molecular weight excluding hydrogens is 382 g/mol. The molecule has 154 valence electrons. The summed E-state index contributed by atoms with van der Waals surface area (Å²) in [5.41, 5.74) is 3.63. The zero-order valence-electron chi connectivity index (χ0n) is 17.6. The maximum absolute atomic E-state index is 5.72. The Hall–Kier alpha value is -2.35. The van der Waals surface area contributed by atoms with E-state index in [0.29, 0.717) is 30.5 Å². The SMILES string of the molecule is COCCn1c(-c2ccncc2)nn(CN(C)Cc2ccc(C(C)C)cc2)c1=S. The van der Waals surface area contributed by atoms with Crippen LogP contribution in [0.1, 0.15) is 30.9 Å². The van der Waals surface area contributed by atoms with Crippen LogP contribution in [0.2, 0.25) is 0 Å². The van der Waals surface area contributed by atoms with E-state index in [1.54, 1.807) is 19.5 Å². The normalized spacial score (nSPS) is 11.5. The maximum atomic E-state index is 5.72. The molecule has 0 saturated carbocycles. The monoisotopic (exact) mass is 411 g/mol. The Morgan fingerprint density at radius 3 is 2.41 bits per heavy atom. The van der Waals surface area contributed by atoms with Gasteiger partial charge >= 0.3 is 0 Å². The quantitative estimate of drug-likeness (QED) is 0.490. The van der Waals surface area contributed by atoms with Gasteiger partial charge in [0.05, 0.1) is 19.8 Å². The van der Waals surface area contributed by atoms with Crippen molar-refractivity contribution in [1.29, 1.82) is 0 Å². The number of hydrogen-bond acceptors (Lipinski definition) is 5. The van der Waals surface area contributed by atoms with Crippen LogP contribution in [0, 0.1) is 4.77 Å². The molecule has 0 saturated heterocycles. The van der Waals surface area contributed by atoms with E-state index in [9.17, 15) is 0 Å². The predicted molar refractivity (Wildman–Crippen MR) is 118 cm³/mol. The van der Waals surface area contributed by atoms with Gasteiger partial charge in [-0.05, 0) is 48.4 Å². The van der Waals surface area contributed by atoms with Gasteiger partial charge in [0.15, 0.2) is 10.6 Å². The summed E-state index contributed by atoms with van der Waals surface area (Å²) in [5, 5.41) is 4.80. The van der Waals surface area contributed by atoms with Gasteiger partial charge in [-0.25, -0.2) is 4.68 Å². The molecule has 1 aromatic carbocycles. The summed E-state index contributed by atoms with van der Waals surface area (Å²) in [6.45, 7) is 7.11. The van der Waals surface area contributed by atoms with Crippen LogP contribution in [0.3, 0.4) is 0 Å². The second-order valence-corrected chi connectivity index (χ2v) is 7.90. The third-order valence-corrected chi connectivity index (χ3v) is 5.29. The molecule has 0 bridgehead atoms. The van der Waals surface area contributed by atoms with Crippen molar-refractivity contribution in [3.8, 4) is 11.4 Å². The van der Waals surface area contributed by atoms with Crippen molar-refractivity contribution in [2.24, 2.45) is 0 Å². The van der Waals surface area contributed by atoms with Crippen molar-refractivity contribution in [1.82, 2.24) is 24.2 Å². The Balaban J connectivity index is 1.79. The van der Waals surface area contributed by atoms with Crippen LogP contribution < -0.4 is 0 Å². The van der Waals surface area contributed by atoms with Crippen LogP contribution in [-0.2, 0) is 24.5 Å². The molecule has 0 aliphatic heterocycles. The third-order valence-electron chi connectivity index (χ3n) is 4.85. The maximum Gasteiger partial charge on any atom is 0.199 e. The molecule has 2 heterocycles. The topological polar surface area (TPSA) is 48.1 Å². The van der Waals surface area contributed by atoms with Crippen LogP contribution in [0.15, 0.2) is 48.8 Å². The van der Waals surface area contributed by atoms with Crippen LogP contribution in [0.25, 0.3) is 11.4 Å².